The van der Waals surface area contributed by atoms with E-state index in [0.29, 0.717) is 12.1 Å². The summed E-state index contributed by atoms with van der Waals surface area (Å²) in [6.07, 6.45) is 2.49. The van der Waals surface area contributed by atoms with Gasteiger partial charge >= 0.3 is 0 Å². The van der Waals surface area contributed by atoms with Gasteiger partial charge in [0.25, 0.3) is 0 Å². The van der Waals surface area contributed by atoms with E-state index in [-0.39, 0.29) is 0 Å². The molecule has 82 valence electrons. The smallest absolute Gasteiger partial charge is 0.0366 e. The van der Waals surface area contributed by atoms with E-state index >= 15 is 0 Å². The summed E-state index contributed by atoms with van der Waals surface area (Å²) in [4.78, 5) is 2.41. The molecule has 0 bridgehead atoms. The third kappa shape index (κ3) is 2.51. The van der Waals surface area contributed by atoms with Crippen molar-refractivity contribution in [2.75, 3.05) is 18.5 Å². The highest BCUT2D eigenvalue weighted by Crippen LogP contribution is 2.20. The predicted molar refractivity (Wildman–Crippen MR) is 65.3 cm³/mol. The second kappa shape index (κ2) is 4.67. The summed E-state index contributed by atoms with van der Waals surface area (Å²) in [5.41, 5.74) is 1.33. The van der Waals surface area contributed by atoms with E-state index in [0.717, 1.165) is 6.54 Å². The largest absolute Gasteiger partial charge is 0.372 e. The van der Waals surface area contributed by atoms with Crippen LogP contribution in [-0.2, 0) is 0 Å². The van der Waals surface area contributed by atoms with E-state index in [9.17, 15) is 0 Å². The zero-order valence-corrected chi connectivity index (χ0v) is 9.61. The maximum atomic E-state index is 3.49. The molecule has 2 rings (SSSR count). The average molecular weight is 204 g/mol. The molecule has 2 unspecified atom stereocenters. The van der Waals surface area contributed by atoms with Crippen LogP contribution in [0.4, 0.5) is 5.69 Å². The molecule has 1 heterocycles. The van der Waals surface area contributed by atoms with Crippen molar-refractivity contribution in [2.24, 2.45) is 0 Å². The van der Waals surface area contributed by atoms with Crippen molar-refractivity contribution in [2.45, 2.75) is 31.8 Å². The van der Waals surface area contributed by atoms with Crippen LogP contribution in [0.3, 0.4) is 0 Å². The van der Waals surface area contributed by atoms with Gasteiger partial charge in [-0.15, -0.1) is 0 Å². The Morgan fingerprint density at radius 2 is 2.00 bits per heavy atom. The number of nitrogens with one attached hydrogen (secondary N) is 1. The average Bonchev–Trinajstić information content (AvgIpc) is 2.29. The summed E-state index contributed by atoms with van der Waals surface area (Å²) in [7, 11) is 2.21. The van der Waals surface area contributed by atoms with Gasteiger partial charge in [-0.25, -0.2) is 0 Å². The van der Waals surface area contributed by atoms with Gasteiger partial charge in [0.05, 0.1) is 0 Å². The highest BCUT2D eigenvalue weighted by molar-refractivity contribution is 5.46. The number of piperidine rings is 1. The van der Waals surface area contributed by atoms with Crippen LogP contribution in [0.1, 0.15) is 19.8 Å². The molecule has 2 atom stereocenters. The van der Waals surface area contributed by atoms with E-state index in [1.807, 2.05) is 0 Å². The predicted octanol–water partition coefficient (Wildman–Crippen LogP) is 2.26. The molecule has 2 nitrogen and oxygen atoms in total. The van der Waals surface area contributed by atoms with Crippen molar-refractivity contribution in [1.82, 2.24) is 5.32 Å². The van der Waals surface area contributed by atoms with Gasteiger partial charge in [0, 0.05) is 24.8 Å². The molecule has 1 N–H and O–H groups in total. The van der Waals surface area contributed by atoms with Gasteiger partial charge in [0.1, 0.15) is 0 Å². The molecule has 2 heteroatoms. The minimum atomic E-state index is 0.648. The first-order chi connectivity index (χ1) is 7.27. The number of hydrogen-bond donors (Lipinski definition) is 1. The van der Waals surface area contributed by atoms with Crippen molar-refractivity contribution < 1.29 is 0 Å². The van der Waals surface area contributed by atoms with Gasteiger partial charge in [-0.3, -0.25) is 0 Å². The lowest BCUT2D eigenvalue weighted by molar-refractivity contribution is 0.372. The first kappa shape index (κ1) is 10.5. The van der Waals surface area contributed by atoms with Crippen LogP contribution < -0.4 is 10.2 Å². The fourth-order valence-electron chi connectivity index (χ4n) is 2.33. The summed E-state index contributed by atoms with van der Waals surface area (Å²) >= 11 is 0. The molecule has 1 aromatic carbocycles. The molecule has 1 saturated heterocycles. The molecule has 15 heavy (non-hydrogen) atoms. The second-order valence-corrected chi connectivity index (χ2v) is 4.48. The quantitative estimate of drug-likeness (QED) is 0.795. The third-order valence-electron chi connectivity index (χ3n) is 3.31. The highest BCUT2D eigenvalue weighted by Gasteiger charge is 2.21. The van der Waals surface area contributed by atoms with Crippen molar-refractivity contribution in [3.63, 3.8) is 0 Å². The molecule has 0 amide bonds. The molecule has 0 saturated carbocycles. The molecule has 1 aliphatic heterocycles. The zero-order chi connectivity index (χ0) is 10.7. The number of rotatable bonds is 2. The van der Waals surface area contributed by atoms with Gasteiger partial charge < -0.3 is 10.2 Å². The SMILES string of the molecule is CC1CC(N(C)c2ccccc2)CCN1. The van der Waals surface area contributed by atoms with E-state index in [4.69, 9.17) is 0 Å². The molecule has 0 aliphatic carbocycles. The Bertz CT molecular complexity index is 297. The Kier molecular flexibility index (Phi) is 3.27. The summed E-state index contributed by atoms with van der Waals surface area (Å²) in [6, 6.07) is 12.0. The fourth-order valence-corrected chi connectivity index (χ4v) is 2.33. The number of benzene rings is 1. The maximum Gasteiger partial charge on any atom is 0.0366 e. The van der Waals surface area contributed by atoms with Gasteiger partial charge in [0.2, 0.25) is 0 Å². The summed E-state index contributed by atoms with van der Waals surface area (Å²) in [5, 5.41) is 3.49. The first-order valence-electron chi connectivity index (χ1n) is 5.78. The number of para-hydroxylation sites is 1. The van der Waals surface area contributed by atoms with Crippen LogP contribution >= 0.6 is 0 Å². The molecule has 1 aliphatic rings. The molecule has 1 aromatic rings. The van der Waals surface area contributed by atoms with Gasteiger partial charge in [0.15, 0.2) is 0 Å². The molecular weight excluding hydrogens is 184 g/mol. The lowest BCUT2D eigenvalue weighted by Gasteiger charge is -2.36. The fraction of sp³-hybridized carbons (Fsp3) is 0.538. The molecule has 0 spiro atoms. The maximum absolute atomic E-state index is 3.49. The van der Waals surface area contributed by atoms with Gasteiger partial charge in [-0.1, -0.05) is 18.2 Å². The topological polar surface area (TPSA) is 15.3 Å². The zero-order valence-electron chi connectivity index (χ0n) is 9.61. The number of hydrogen-bond acceptors (Lipinski definition) is 2. The Morgan fingerprint density at radius 3 is 2.67 bits per heavy atom. The van der Waals surface area contributed by atoms with Crippen molar-refractivity contribution in [3.05, 3.63) is 30.3 Å². The van der Waals surface area contributed by atoms with Gasteiger partial charge in [-0.2, -0.15) is 0 Å². The molecular formula is C13H20N2. The summed E-state index contributed by atoms with van der Waals surface area (Å²) < 4.78 is 0. The first-order valence-corrected chi connectivity index (χ1v) is 5.78. The van der Waals surface area contributed by atoms with Crippen molar-refractivity contribution >= 4 is 5.69 Å². The van der Waals surface area contributed by atoms with Crippen LogP contribution in [-0.4, -0.2) is 25.7 Å². The Balaban J connectivity index is 2.04. The normalized spacial score (nSPS) is 26.3. The van der Waals surface area contributed by atoms with Crippen LogP contribution in [0.15, 0.2) is 30.3 Å². The third-order valence-corrected chi connectivity index (χ3v) is 3.31. The standard InChI is InChI=1S/C13H20N2/c1-11-10-13(8-9-14-11)15(2)12-6-4-3-5-7-12/h3-7,11,13-14H,8-10H2,1-2H3. The second-order valence-electron chi connectivity index (χ2n) is 4.48. The summed E-state index contributed by atoms with van der Waals surface area (Å²) in [6.45, 7) is 3.41. The Hall–Kier alpha value is -1.02. The lowest BCUT2D eigenvalue weighted by atomic mass is 9.99. The highest BCUT2D eigenvalue weighted by atomic mass is 15.1. The number of nitrogens with zero attached hydrogens (tertiary/aromatic N) is 1. The molecule has 0 radical (unpaired) electrons. The van der Waals surface area contributed by atoms with Crippen LogP contribution in [0.5, 0.6) is 0 Å². The lowest BCUT2D eigenvalue weighted by Crippen LogP contribution is -2.45. The van der Waals surface area contributed by atoms with E-state index < -0.39 is 0 Å². The Morgan fingerprint density at radius 1 is 1.27 bits per heavy atom. The molecule has 1 fully saturated rings. The van der Waals surface area contributed by atoms with E-state index in [1.54, 1.807) is 0 Å². The molecule has 0 aromatic heterocycles. The van der Waals surface area contributed by atoms with Crippen molar-refractivity contribution in [3.8, 4) is 0 Å². The van der Waals surface area contributed by atoms with Crippen molar-refractivity contribution in [1.29, 1.82) is 0 Å². The Labute approximate surface area is 92.3 Å². The van der Waals surface area contributed by atoms with Gasteiger partial charge in [-0.05, 0) is 38.4 Å². The minimum absolute atomic E-state index is 0.648. The number of anilines is 1. The van der Waals surface area contributed by atoms with E-state index in [2.05, 4.69) is 54.5 Å². The van der Waals surface area contributed by atoms with Crippen LogP contribution in [0.2, 0.25) is 0 Å². The van der Waals surface area contributed by atoms with E-state index in [1.165, 1.54) is 18.5 Å². The van der Waals surface area contributed by atoms with Crippen LogP contribution in [0.25, 0.3) is 0 Å². The summed E-state index contributed by atoms with van der Waals surface area (Å²) in [5.74, 6) is 0. The van der Waals surface area contributed by atoms with Crippen LogP contribution in [0, 0.1) is 0 Å². The minimum Gasteiger partial charge on any atom is -0.372 e. The monoisotopic (exact) mass is 204 g/mol.